The number of aryl methyl sites for hydroxylation is 1. The Morgan fingerprint density at radius 1 is 1.50 bits per heavy atom. The summed E-state index contributed by atoms with van der Waals surface area (Å²) in [5, 5.41) is 10.8. The van der Waals surface area contributed by atoms with E-state index >= 15 is 0 Å². The van der Waals surface area contributed by atoms with E-state index in [0.29, 0.717) is 12.2 Å². The second-order valence-corrected chi connectivity index (χ2v) is 4.27. The van der Waals surface area contributed by atoms with Crippen molar-refractivity contribution in [2.24, 2.45) is 16.5 Å². The van der Waals surface area contributed by atoms with Crippen molar-refractivity contribution in [3.8, 4) is 0 Å². The summed E-state index contributed by atoms with van der Waals surface area (Å²) in [5.74, 6) is -1.48. The van der Waals surface area contributed by atoms with E-state index < -0.39 is 29.4 Å². The molecule has 0 fully saturated rings. The highest BCUT2D eigenvalue weighted by atomic mass is 16.6. The van der Waals surface area contributed by atoms with Crippen molar-refractivity contribution in [2.45, 2.75) is 26.3 Å². The van der Waals surface area contributed by atoms with Crippen LogP contribution in [0.4, 0.5) is 5.82 Å². The fraction of sp³-hybridized carbons (Fsp3) is 0.455. The van der Waals surface area contributed by atoms with Gasteiger partial charge >= 0.3 is 11.8 Å². The number of aromatic nitrogens is 2. The molecule has 1 amide bonds. The molecule has 11 nitrogen and oxygen atoms in total. The molecule has 120 valence electrons. The van der Waals surface area contributed by atoms with E-state index in [-0.39, 0.29) is 18.8 Å². The van der Waals surface area contributed by atoms with E-state index in [1.165, 1.54) is 4.57 Å². The summed E-state index contributed by atoms with van der Waals surface area (Å²) < 4.78 is 6.05. The van der Waals surface area contributed by atoms with Gasteiger partial charge in [-0.1, -0.05) is 0 Å². The molecule has 1 aromatic rings. The van der Waals surface area contributed by atoms with Crippen molar-refractivity contribution in [1.82, 2.24) is 9.55 Å². The molecule has 1 heterocycles. The van der Waals surface area contributed by atoms with Gasteiger partial charge in [0.05, 0.1) is 6.54 Å². The molecule has 0 saturated carbocycles. The second kappa shape index (κ2) is 7.71. The van der Waals surface area contributed by atoms with Crippen molar-refractivity contribution >= 4 is 23.7 Å². The lowest BCUT2D eigenvalue weighted by Gasteiger charge is -2.04. The van der Waals surface area contributed by atoms with Crippen molar-refractivity contribution in [3.05, 3.63) is 22.1 Å². The first kappa shape index (κ1) is 17.1. The van der Waals surface area contributed by atoms with Gasteiger partial charge in [-0.2, -0.15) is 4.99 Å². The monoisotopic (exact) mass is 312 g/mol. The van der Waals surface area contributed by atoms with Gasteiger partial charge in [-0.05, 0) is 11.3 Å². The number of rotatable bonds is 7. The minimum atomic E-state index is -0.769. The van der Waals surface area contributed by atoms with Gasteiger partial charge in [0.15, 0.2) is 18.4 Å². The normalized spacial score (nSPS) is 10.0. The molecular formula is C11H16N6O5. The number of carbonyl (C=O) groups excluding carboxylic acids is 2. The van der Waals surface area contributed by atoms with Crippen molar-refractivity contribution in [3.63, 3.8) is 0 Å². The van der Waals surface area contributed by atoms with E-state index in [1.807, 2.05) is 0 Å². The lowest BCUT2D eigenvalue weighted by molar-refractivity contribution is -0.392. The summed E-state index contributed by atoms with van der Waals surface area (Å²) in [4.78, 5) is 39.7. The van der Waals surface area contributed by atoms with Crippen molar-refractivity contribution in [2.75, 3.05) is 6.61 Å². The first-order valence-electron chi connectivity index (χ1n) is 6.26. The third-order valence-corrected chi connectivity index (χ3v) is 2.59. The van der Waals surface area contributed by atoms with Gasteiger partial charge in [-0.15, -0.1) is 0 Å². The smallest absolute Gasteiger partial charge is 0.342 e. The highest BCUT2D eigenvalue weighted by Crippen LogP contribution is 2.14. The first-order valence-corrected chi connectivity index (χ1v) is 6.26. The minimum Gasteiger partial charge on any atom is -0.455 e. The average Bonchev–Trinajstić information content (AvgIpc) is 2.77. The van der Waals surface area contributed by atoms with Crippen LogP contribution >= 0.6 is 0 Å². The summed E-state index contributed by atoms with van der Waals surface area (Å²) in [7, 11) is 0. The number of nitrogens with zero attached hydrogens (tertiary/aromatic N) is 4. The number of aliphatic imine (C=N–C) groups is 1. The summed E-state index contributed by atoms with van der Waals surface area (Å²) in [5.41, 5.74) is 9.98. The lowest BCUT2D eigenvalue weighted by atomic mass is 10.3. The van der Waals surface area contributed by atoms with Crippen molar-refractivity contribution < 1.29 is 19.2 Å². The Labute approximate surface area is 125 Å². The second-order valence-electron chi connectivity index (χ2n) is 4.27. The number of nitro groups is 1. The topological polar surface area (TPSA) is 169 Å². The molecule has 1 rings (SSSR count). The number of amides is 1. The van der Waals surface area contributed by atoms with Crippen LogP contribution in [0.25, 0.3) is 0 Å². The Morgan fingerprint density at radius 3 is 2.77 bits per heavy atom. The van der Waals surface area contributed by atoms with Crippen LogP contribution in [-0.2, 0) is 20.9 Å². The standard InChI is InChI=1S/C11H16N6O5/c1-7-14-5-9(17(20)21)16(7)4-2-3-10(19)22-6-8(18)15-11(12)13/h5H,2-4,6H2,1H3,(H4,12,13,15,18). The molecule has 0 saturated heterocycles. The molecule has 0 aromatic carbocycles. The quantitative estimate of drug-likeness (QED) is 0.217. The largest absolute Gasteiger partial charge is 0.455 e. The van der Waals surface area contributed by atoms with E-state index in [0.717, 1.165) is 6.20 Å². The van der Waals surface area contributed by atoms with Crippen LogP contribution in [0, 0.1) is 17.0 Å². The van der Waals surface area contributed by atoms with Crippen molar-refractivity contribution in [1.29, 1.82) is 0 Å². The Kier molecular flexibility index (Phi) is 5.98. The molecule has 0 atom stereocenters. The number of imidazole rings is 1. The number of ether oxygens (including phenoxy) is 1. The average molecular weight is 312 g/mol. The molecule has 0 aliphatic heterocycles. The minimum absolute atomic E-state index is 0.0100. The molecule has 0 radical (unpaired) electrons. The molecule has 1 aromatic heterocycles. The fourth-order valence-corrected chi connectivity index (χ4v) is 1.65. The van der Waals surface area contributed by atoms with Gasteiger partial charge in [-0.25, -0.2) is 9.55 Å². The van der Waals surface area contributed by atoms with Crippen LogP contribution in [0.15, 0.2) is 11.2 Å². The van der Waals surface area contributed by atoms with Crippen LogP contribution in [-0.4, -0.2) is 38.9 Å². The van der Waals surface area contributed by atoms with Crippen LogP contribution in [0.5, 0.6) is 0 Å². The third kappa shape index (κ3) is 5.19. The summed E-state index contributed by atoms with van der Waals surface area (Å²) >= 11 is 0. The Hall–Kier alpha value is -2.98. The molecule has 0 bridgehead atoms. The van der Waals surface area contributed by atoms with Crippen LogP contribution in [0.1, 0.15) is 18.7 Å². The number of hydrogen-bond donors (Lipinski definition) is 2. The maximum Gasteiger partial charge on any atom is 0.342 e. The number of carbonyl (C=O) groups is 2. The molecule has 4 N–H and O–H groups in total. The fourth-order valence-electron chi connectivity index (χ4n) is 1.65. The number of guanidine groups is 1. The first-order chi connectivity index (χ1) is 10.3. The van der Waals surface area contributed by atoms with E-state index in [2.05, 4.69) is 14.7 Å². The zero-order chi connectivity index (χ0) is 16.7. The Bertz CT molecular complexity index is 604. The Morgan fingerprint density at radius 2 is 2.18 bits per heavy atom. The lowest BCUT2D eigenvalue weighted by Crippen LogP contribution is -2.25. The molecule has 0 aliphatic carbocycles. The SMILES string of the molecule is Cc1ncc([N+](=O)[O-])n1CCCC(=O)OCC(=O)N=C(N)N. The van der Waals surface area contributed by atoms with Crippen LogP contribution < -0.4 is 11.5 Å². The zero-order valence-electron chi connectivity index (χ0n) is 11.9. The highest BCUT2D eigenvalue weighted by Gasteiger charge is 2.17. The number of hydrogen-bond acceptors (Lipinski definition) is 6. The molecule has 0 spiro atoms. The van der Waals surface area contributed by atoms with Crippen LogP contribution in [0.2, 0.25) is 0 Å². The highest BCUT2D eigenvalue weighted by molar-refractivity contribution is 5.92. The maximum absolute atomic E-state index is 11.4. The summed E-state index contributed by atoms with van der Waals surface area (Å²) in [6.07, 6.45) is 1.44. The molecule has 0 aliphatic rings. The van der Waals surface area contributed by atoms with E-state index in [4.69, 9.17) is 11.5 Å². The Balaban J connectivity index is 2.40. The summed E-state index contributed by atoms with van der Waals surface area (Å²) in [6, 6.07) is 0. The van der Waals surface area contributed by atoms with Gasteiger partial charge in [-0.3, -0.25) is 9.59 Å². The molecular weight excluding hydrogens is 296 g/mol. The zero-order valence-corrected chi connectivity index (χ0v) is 11.9. The van der Waals surface area contributed by atoms with Gasteiger partial charge in [0.25, 0.3) is 5.91 Å². The predicted molar refractivity (Wildman–Crippen MR) is 74.6 cm³/mol. The van der Waals surface area contributed by atoms with Gasteiger partial charge in [0.2, 0.25) is 0 Å². The third-order valence-electron chi connectivity index (χ3n) is 2.59. The van der Waals surface area contributed by atoms with Gasteiger partial charge in [0.1, 0.15) is 6.20 Å². The molecule has 22 heavy (non-hydrogen) atoms. The summed E-state index contributed by atoms with van der Waals surface area (Å²) in [6.45, 7) is 1.30. The van der Waals surface area contributed by atoms with E-state index in [9.17, 15) is 19.7 Å². The van der Waals surface area contributed by atoms with Gasteiger partial charge in [0, 0.05) is 13.3 Å². The predicted octanol–water partition coefficient (Wildman–Crippen LogP) is -0.777. The molecule has 11 heteroatoms. The number of nitrogens with two attached hydrogens (primary N) is 2. The maximum atomic E-state index is 11.4. The van der Waals surface area contributed by atoms with E-state index in [1.54, 1.807) is 6.92 Å². The molecule has 0 unspecified atom stereocenters. The van der Waals surface area contributed by atoms with Gasteiger partial charge < -0.3 is 26.3 Å². The van der Waals surface area contributed by atoms with Crippen LogP contribution in [0.3, 0.4) is 0 Å². The number of esters is 1.